The van der Waals surface area contributed by atoms with Crippen molar-refractivity contribution in [3.05, 3.63) is 48.0 Å². The van der Waals surface area contributed by atoms with Crippen LogP contribution in [0, 0.1) is 5.92 Å². The molecule has 7 nitrogen and oxygen atoms in total. The molecular weight excluding hydrogens is 520 g/mol. The summed E-state index contributed by atoms with van der Waals surface area (Å²) in [5, 5.41) is 0.763. The molecule has 11 heteroatoms. The molecule has 1 aromatic heterocycles. The lowest BCUT2D eigenvalue weighted by atomic mass is 10.0. The van der Waals surface area contributed by atoms with Crippen LogP contribution in [0.25, 0.3) is 11.0 Å². The summed E-state index contributed by atoms with van der Waals surface area (Å²) < 4.78 is 65.6. The zero-order chi connectivity index (χ0) is 26.0. The summed E-state index contributed by atoms with van der Waals surface area (Å²) in [6.45, 7) is 1.68. The highest BCUT2D eigenvalue weighted by Gasteiger charge is 2.29. The third-order valence-electron chi connectivity index (χ3n) is 6.87. The predicted octanol–water partition coefficient (Wildman–Crippen LogP) is 5.53. The topological polar surface area (TPSA) is 73.7 Å². The highest BCUT2D eigenvalue weighted by Crippen LogP contribution is 2.32. The third kappa shape index (κ3) is 6.10. The zero-order valence-corrected chi connectivity index (χ0v) is 22.3. The molecule has 2 aromatic carbocycles. The van der Waals surface area contributed by atoms with Gasteiger partial charge in [-0.05, 0) is 67.5 Å². The molecule has 2 aliphatic rings. The molecule has 0 saturated carbocycles. The fraction of sp³-hybridized carbons (Fsp3) is 0.500. The lowest BCUT2D eigenvalue weighted by Gasteiger charge is -2.30. The van der Waals surface area contributed by atoms with Crippen LogP contribution in [-0.4, -0.2) is 54.7 Å². The molecule has 3 aromatic rings. The Bertz CT molecular complexity index is 1330. The fourth-order valence-corrected chi connectivity index (χ4v) is 7.55. The molecule has 2 atom stereocenters. The Labute approximate surface area is 220 Å². The van der Waals surface area contributed by atoms with Crippen molar-refractivity contribution < 1.29 is 26.7 Å². The average molecular weight is 552 g/mol. The van der Waals surface area contributed by atoms with Crippen LogP contribution in [0.4, 0.5) is 8.78 Å². The van der Waals surface area contributed by atoms with E-state index in [1.165, 1.54) is 23.9 Å². The second-order valence-electron chi connectivity index (χ2n) is 9.71. The van der Waals surface area contributed by atoms with Crippen LogP contribution in [0.2, 0.25) is 0 Å². The molecule has 200 valence electrons. The van der Waals surface area contributed by atoms with Crippen LogP contribution in [0.5, 0.6) is 5.75 Å². The van der Waals surface area contributed by atoms with Gasteiger partial charge in [-0.1, -0.05) is 30.8 Å². The van der Waals surface area contributed by atoms with Crippen molar-refractivity contribution in [1.29, 1.82) is 0 Å². The summed E-state index contributed by atoms with van der Waals surface area (Å²) >= 11 is 1.52. The zero-order valence-electron chi connectivity index (χ0n) is 20.7. The van der Waals surface area contributed by atoms with Gasteiger partial charge in [0.1, 0.15) is 5.75 Å². The minimum atomic E-state index is -3.59. The molecular formula is C26H31F2N3O4S2. The number of thioether (sulfide) groups is 1. The lowest BCUT2D eigenvalue weighted by molar-refractivity contribution is -0.0498. The lowest BCUT2D eigenvalue weighted by Crippen LogP contribution is -2.39. The van der Waals surface area contributed by atoms with Crippen LogP contribution in [0.3, 0.4) is 0 Å². The van der Waals surface area contributed by atoms with Crippen molar-refractivity contribution in [1.82, 2.24) is 13.9 Å². The number of imidazole rings is 1. The summed E-state index contributed by atoms with van der Waals surface area (Å²) in [5.74, 6) is 1.03. The third-order valence-corrected chi connectivity index (χ3v) is 9.78. The highest BCUT2D eigenvalue weighted by molar-refractivity contribution is 7.98. The molecule has 2 saturated heterocycles. The van der Waals surface area contributed by atoms with Gasteiger partial charge in [0, 0.05) is 25.4 Å². The van der Waals surface area contributed by atoms with Gasteiger partial charge in [-0.2, -0.15) is 13.1 Å². The normalized spacial score (nSPS) is 21.2. The number of halogens is 2. The fourth-order valence-electron chi connectivity index (χ4n) is 4.96. The van der Waals surface area contributed by atoms with Crippen molar-refractivity contribution in [3.8, 4) is 5.75 Å². The summed E-state index contributed by atoms with van der Waals surface area (Å²) in [5.41, 5.74) is 2.43. The first kappa shape index (κ1) is 26.4. The number of ether oxygens (including phenoxy) is 2. The van der Waals surface area contributed by atoms with Crippen molar-refractivity contribution >= 4 is 32.8 Å². The van der Waals surface area contributed by atoms with Gasteiger partial charge in [0.15, 0.2) is 5.16 Å². The van der Waals surface area contributed by atoms with Gasteiger partial charge < -0.3 is 14.0 Å². The second kappa shape index (κ2) is 11.3. The molecule has 3 heterocycles. The maximum absolute atomic E-state index is 13.4. The molecule has 5 rings (SSSR count). The van der Waals surface area contributed by atoms with Crippen molar-refractivity contribution in [2.24, 2.45) is 5.92 Å². The summed E-state index contributed by atoms with van der Waals surface area (Å²) in [6, 6.07) is 11.8. The molecule has 0 amide bonds. The maximum Gasteiger partial charge on any atom is 0.387 e. The molecule has 0 spiro atoms. The number of hydrogen-bond acceptors (Lipinski definition) is 6. The van der Waals surface area contributed by atoms with E-state index in [1.54, 1.807) is 28.6 Å². The van der Waals surface area contributed by atoms with E-state index in [9.17, 15) is 17.2 Å². The van der Waals surface area contributed by atoms with Crippen molar-refractivity contribution in [2.45, 2.75) is 67.7 Å². The number of aromatic nitrogens is 2. The number of piperidine rings is 1. The minimum Gasteiger partial charge on any atom is -0.435 e. The number of sulfonamides is 1. The van der Waals surface area contributed by atoms with E-state index >= 15 is 0 Å². The van der Waals surface area contributed by atoms with Gasteiger partial charge >= 0.3 is 6.61 Å². The average Bonchev–Trinajstić information content (AvgIpc) is 3.51. The Morgan fingerprint density at radius 1 is 1.16 bits per heavy atom. The van der Waals surface area contributed by atoms with Gasteiger partial charge in [-0.3, -0.25) is 0 Å². The Hall–Kier alpha value is -2.21. The number of nitrogens with zero attached hydrogens (tertiary/aromatic N) is 3. The summed E-state index contributed by atoms with van der Waals surface area (Å²) in [7, 11) is -3.59. The monoisotopic (exact) mass is 551 g/mol. The number of hydrogen-bond donors (Lipinski definition) is 0. The first-order valence-electron chi connectivity index (χ1n) is 12.6. The summed E-state index contributed by atoms with van der Waals surface area (Å²) in [4.78, 5) is 5.09. The number of rotatable bonds is 9. The van der Waals surface area contributed by atoms with Gasteiger partial charge in [0.25, 0.3) is 0 Å². The largest absolute Gasteiger partial charge is 0.435 e. The van der Waals surface area contributed by atoms with E-state index < -0.39 is 16.6 Å². The SMILES string of the molecule is CC1CCCN(S(=O)(=O)c2ccc3c(c2)nc(SCc2ccc(OC(F)F)cc2)n3CC2CCCO2)C1. The van der Waals surface area contributed by atoms with E-state index in [0.717, 1.165) is 48.5 Å². The van der Waals surface area contributed by atoms with Gasteiger partial charge in [0.05, 0.1) is 28.6 Å². The van der Waals surface area contributed by atoms with E-state index in [0.29, 0.717) is 36.8 Å². The van der Waals surface area contributed by atoms with E-state index in [4.69, 9.17) is 9.72 Å². The van der Waals surface area contributed by atoms with E-state index in [2.05, 4.69) is 16.2 Å². The Kier molecular flexibility index (Phi) is 8.04. The summed E-state index contributed by atoms with van der Waals surface area (Å²) in [6.07, 6.45) is 3.98. The Balaban J connectivity index is 1.41. The number of fused-ring (bicyclic) bond motifs is 1. The molecule has 0 N–H and O–H groups in total. The molecule has 2 aliphatic heterocycles. The molecule has 37 heavy (non-hydrogen) atoms. The van der Waals surface area contributed by atoms with E-state index in [1.807, 2.05) is 6.07 Å². The molecule has 2 fully saturated rings. The van der Waals surface area contributed by atoms with Crippen molar-refractivity contribution in [3.63, 3.8) is 0 Å². The standard InChI is InChI=1S/C26H31F2N3O4S2/c1-18-4-2-12-30(15-18)37(32,33)22-10-11-24-23(14-22)29-26(31(24)16-21-5-3-13-34-21)36-17-19-6-8-20(9-7-19)35-25(27)28/h6-11,14,18,21,25H,2-5,12-13,15-17H2,1H3. The van der Waals surface area contributed by atoms with Crippen LogP contribution in [0.1, 0.15) is 38.2 Å². The van der Waals surface area contributed by atoms with Crippen molar-refractivity contribution in [2.75, 3.05) is 19.7 Å². The molecule has 0 bridgehead atoms. The highest BCUT2D eigenvalue weighted by atomic mass is 32.2. The van der Waals surface area contributed by atoms with Crippen LogP contribution in [0.15, 0.2) is 52.5 Å². The number of benzene rings is 2. The minimum absolute atomic E-state index is 0.0841. The van der Waals surface area contributed by atoms with E-state index in [-0.39, 0.29) is 16.7 Å². The van der Waals surface area contributed by atoms with Crippen LogP contribution < -0.4 is 4.74 Å². The molecule has 2 unspecified atom stereocenters. The molecule has 0 radical (unpaired) electrons. The Morgan fingerprint density at radius 3 is 2.68 bits per heavy atom. The van der Waals surface area contributed by atoms with Gasteiger partial charge in [0.2, 0.25) is 10.0 Å². The van der Waals surface area contributed by atoms with Gasteiger partial charge in [-0.25, -0.2) is 13.4 Å². The Morgan fingerprint density at radius 2 is 1.97 bits per heavy atom. The quantitative estimate of drug-likeness (QED) is 0.326. The smallest absolute Gasteiger partial charge is 0.387 e. The first-order valence-corrected chi connectivity index (χ1v) is 15.0. The molecule has 0 aliphatic carbocycles. The maximum atomic E-state index is 13.4. The first-order chi connectivity index (χ1) is 17.8. The number of alkyl halides is 2. The van der Waals surface area contributed by atoms with Crippen LogP contribution in [-0.2, 0) is 27.1 Å². The van der Waals surface area contributed by atoms with Crippen LogP contribution >= 0.6 is 11.8 Å². The second-order valence-corrected chi connectivity index (χ2v) is 12.6. The predicted molar refractivity (Wildman–Crippen MR) is 138 cm³/mol. The van der Waals surface area contributed by atoms with Gasteiger partial charge in [-0.15, -0.1) is 0 Å².